The van der Waals surface area contributed by atoms with Crippen LogP contribution in [0.25, 0.3) is 0 Å². The molecule has 0 aliphatic carbocycles. The highest BCUT2D eigenvalue weighted by atomic mass is 19.4. The summed E-state index contributed by atoms with van der Waals surface area (Å²) in [5, 5.41) is 2.65. The maximum atomic E-state index is 12.6. The minimum absolute atomic E-state index is 0.0318. The molecule has 2 rings (SSSR count). The summed E-state index contributed by atoms with van der Waals surface area (Å²) >= 11 is 0. The van der Waals surface area contributed by atoms with Gasteiger partial charge in [0.1, 0.15) is 0 Å². The number of anilines is 1. The van der Waals surface area contributed by atoms with E-state index in [4.69, 9.17) is 5.73 Å². The monoisotopic (exact) mass is 310 g/mol. The number of benzene rings is 1. The number of hydrogen-bond acceptors (Lipinski definition) is 2. The number of halogens is 3. The quantitative estimate of drug-likeness (QED) is 0.576. The average molecular weight is 310 g/mol. The molecule has 1 aromatic heterocycles. The van der Waals surface area contributed by atoms with Crippen LogP contribution in [-0.2, 0) is 6.18 Å². The standard InChI is InChI=1S/C14H14F3N5/c1-8-6-9(2)20-13(19-8)22-12(18)21-11-5-3-4-10(7-11)14(15,16)17/h3-7H,1-2H3,(H3,18,19,20,21,22)/p+1. The van der Waals surface area contributed by atoms with Crippen LogP contribution < -0.4 is 16.0 Å². The third-order valence-corrected chi connectivity index (χ3v) is 2.70. The van der Waals surface area contributed by atoms with Crippen molar-refractivity contribution >= 4 is 17.6 Å². The first-order valence-corrected chi connectivity index (χ1v) is 6.40. The summed E-state index contributed by atoms with van der Waals surface area (Å²) in [6.07, 6.45) is -4.41. The fraction of sp³-hybridized carbons (Fsp3) is 0.214. The summed E-state index contributed by atoms with van der Waals surface area (Å²) in [5.41, 5.74) is 6.69. The number of aryl methyl sites for hydroxylation is 2. The first-order chi connectivity index (χ1) is 10.2. The van der Waals surface area contributed by atoms with Crippen LogP contribution in [0.3, 0.4) is 0 Å². The normalized spacial score (nSPS) is 12.3. The Morgan fingerprint density at radius 1 is 1.14 bits per heavy atom. The first-order valence-electron chi connectivity index (χ1n) is 6.40. The largest absolute Gasteiger partial charge is 0.416 e. The van der Waals surface area contributed by atoms with Gasteiger partial charge < -0.3 is 5.73 Å². The van der Waals surface area contributed by atoms with E-state index in [9.17, 15) is 13.2 Å². The molecule has 4 N–H and O–H groups in total. The van der Waals surface area contributed by atoms with Gasteiger partial charge in [-0.3, -0.25) is 5.32 Å². The van der Waals surface area contributed by atoms with Crippen molar-refractivity contribution < 1.29 is 18.2 Å². The molecule has 5 nitrogen and oxygen atoms in total. The van der Waals surface area contributed by atoms with Crippen molar-refractivity contribution in [3.63, 3.8) is 0 Å². The van der Waals surface area contributed by atoms with Crippen LogP contribution in [-0.4, -0.2) is 15.9 Å². The molecule has 0 spiro atoms. The lowest BCUT2D eigenvalue weighted by Gasteiger charge is -2.08. The van der Waals surface area contributed by atoms with E-state index < -0.39 is 11.7 Å². The topological polar surface area (TPSA) is 77.8 Å². The molecule has 1 aromatic carbocycles. The summed E-state index contributed by atoms with van der Waals surface area (Å²) in [6.45, 7) is 3.60. The number of nitrogens with zero attached hydrogens (tertiary/aromatic N) is 2. The Balaban J connectivity index is 2.21. The molecule has 0 unspecified atom stereocenters. The number of nitrogens with two attached hydrogens (primary N) is 1. The van der Waals surface area contributed by atoms with Gasteiger partial charge in [0.2, 0.25) is 0 Å². The maximum absolute atomic E-state index is 12.6. The molecule has 0 amide bonds. The zero-order valence-electron chi connectivity index (χ0n) is 12.0. The van der Waals surface area contributed by atoms with Gasteiger partial charge in [0.05, 0.1) is 22.6 Å². The lowest BCUT2D eigenvalue weighted by atomic mass is 10.2. The van der Waals surface area contributed by atoms with Gasteiger partial charge in [-0.15, -0.1) is 9.97 Å². The van der Waals surface area contributed by atoms with E-state index in [0.717, 1.165) is 23.5 Å². The zero-order valence-corrected chi connectivity index (χ0v) is 12.0. The molecule has 0 saturated heterocycles. The maximum Gasteiger partial charge on any atom is 0.416 e. The lowest BCUT2D eigenvalue weighted by Crippen LogP contribution is -2.72. The van der Waals surface area contributed by atoms with Gasteiger partial charge in [-0.25, -0.2) is 4.99 Å². The first kappa shape index (κ1) is 15.7. The molecule has 22 heavy (non-hydrogen) atoms. The van der Waals surface area contributed by atoms with Crippen molar-refractivity contribution in [3.8, 4) is 0 Å². The van der Waals surface area contributed by atoms with E-state index in [2.05, 4.69) is 20.3 Å². The average Bonchev–Trinajstić information content (AvgIpc) is 2.36. The molecule has 2 aromatic rings. The SMILES string of the molecule is Cc1cc(C)nc([NH+]=C(N)Nc2cccc(C(F)(F)F)c2)n1. The Bertz CT molecular complexity index is 690. The van der Waals surface area contributed by atoms with E-state index in [1.165, 1.54) is 12.1 Å². The molecule has 0 fully saturated rings. The van der Waals surface area contributed by atoms with E-state index >= 15 is 0 Å². The number of nitrogens with one attached hydrogen (secondary N) is 2. The number of guanidine groups is 1. The number of rotatable bonds is 2. The second kappa shape index (κ2) is 6.00. The van der Waals surface area contributed by atoms with E-state index in [0.29, 0.717) is 0 Å². The van der Waals surface area contributed by atoms with Crippen LogP contribution in [0.4, 0.5) is 24.8 Å². The fourth-order valence-electron chi connectivity index (χ4n) is 1.86. The Morgan fingerprint density at radius 3 is 2.36 bits per heavy atom. The molecule has 8 heteroatoms. The molecule has 1 heterocycles. The van der Waals surface area contributed by atoms with Gasteiger partial charge in [-0.05, 0) is 32.0 Å². The molecular formula is C14H15F3N5+. The van der Waals surface area contributed by atoms with Crippen molar-refractivity contribution in [3.05, 3.63) is 47.3 Å². The molecule has 0 bridgehead atoms. The minimum Gasteiger partial charge on any atom is -0.322 e. The highest BCUT2D eigenvalue weighted by Gasteiger charge is 2.30. The fourth-order valence-corrected chi connectivity index (χ4v) is 1.86. The highest BCUT2D eigenvalue weighted by Crippen LogP contribution is 2.30. The van der Waals surface area contributed by atoms with Crippen molar-refractivity contribution in [1.29, 1.82) is 0 Å². The number of aromatic nitrogens is 2. The van der Waals surface area contributed by atoms with Crippen molar-refractivity contribution in [1.82, 2.24) is 9.97 Å². The molecular weight excluding hydrogens is 295 g/mol. The Morgan fingerprint density at radius 2 is 1.77 bits per heavy atom. The van der Waals surface area contributed by atoms with Gasteiger partial charge in [0.15, 0.2) is 0 Å². The van der Waals surface area contributed by atoms with Crippen molar-refractivity contribution in [2.45, 2.75) is 20.0 Å². The van der Waals surface area contributed by atoms with E-state index in [-0.39, 0.29) is 17.6 Å². The van der Waals surface area contributed by atoms with Gasteiger partial charge in [0.25, 0.3) is 5.96 Å². The third kappa shape index (κ3) is 4.18. The number of hydrogen-bond donors (Lipinski definition) is 3. The molecule has 0 aliphatic rings. The van der Waals surface area contributed by atoms with Crippen LogP contribution in [0.15, 0.2) is 30.3 Å². The van der Waals surface area contributed by atoms with Gasteiger partial charge in [-0.2, -0.15) is 13.2 Å². The minimum atomic E-state index is -4.41. The van der Waals surface area contributed by atoms with Crippen molar-refractivity contribution in [2.24, 2.45) is 5.73 Å². The third-order valence-electron chi connectivity index (χ3n) is 2.70. The molecule has 0 radical (unpaired) electrons. The lowest BCUT2D eigenvalue weighted by molar-refractivity contribution is -0.365. The van der Waals surface area contributed by atoms with Gasteiger partial charge >= 0.3 is 12.1 Å². The smallest absolute Gasteiger partial charge is 0.322 e. The Labute approximate surface area is 125 Å². The van der Waals surface area contributed by atoms with Crippen LogP contribution in [0, 0.1) is 13.8 Å². The molecule has 0 aliphatic heterocycles. The van der Waals surface area contributed by atoms with Crippen LogP contribution in [0.2, 0.25) is 0 Å². The van der Waals surface area contributed by atoms with Gasteiger partial charge in [0, 0.05) is 6.07 Å². The Kier molecular flexibility index (Phi) is 4.30. The molecule has 0 atom stereocenters. The van der Waals surface area contributed by atoms with E-state index in [1.807, 2.05) is 0 Å². The summed E-state index contributed by atoms with van der Waals surface area (Å²) in [7, 11) is 0. The second-order valence-electron chi connectivity index (χ2n) is 4.72. The Hall–Kier alpha value is -2.64. The molecule has 116 valence electrons. The predicted octanol–water partition coefficient (Wildman–Crippen LogP) is 1.25. The van der Waals surface area contributed by atoms with Crippen LogP contribution in [0.1, 0.15) is 17.0 Å². The zero-order chi connectivity index (χ0) is 16.3. The predicted molar refractivity (Wildman–Crippen MR) is 76.4 cm³/mol. The summed E-state index contributed by atoms with van der Waals surface area (Å²) < 4.78 is 37.9. The van der Waals surface area contributed by atoms with Crippen LogP contribution in [0.5, 0.6) is 0 Å². The molecule has 0 saturated carbocycles. The summed E-state index contributed by atoms with van der Waals surface area (Å²) in [4.78, 5) is 11.0. The highest BCUT2D eigenvalue weighted by molar-refractivity contribution is 5.88. The summed E-state index contributed by atoms with van der Waals surface area (Å²) in [6, 6.07) is 6.53. The van der Waals surface area contributed by atoms with E-state index in [1.54, 1.807) is 19.9 Å². The summed E-state index contributed by atoms with van der Waals surface area (Å²) in [5.74, 6) is 0.304. The number of alkyl halides is 3. The van der Waals surface area contributed by atoms with Gasteiger partial charge in [-0.1, -0.05) is 6.07 Å². The van der Waals surface area contributed by atoms with Crippen molar-refractivity contribution in [2.75, 3.05) is 5.32 Å². The second-order valence-corrected chi connectivity index (χ2v) is 4.72. The van der Waals surface area contributed by atoms with Crippen LogP contribution >= 0.6 is 0 Å².